The molecule has 0 spiro atoms. The van der Waals surface area contributed by atoms with Gasteiger partial charge in [0.1, 0.15) is 11.7 Å². The van der Waals surface area contributed by atoms with Gasteiger partial charge < -0.3 is 14.8 Å². The molecule has 8 nitrogen and oxygen atoms in total. The molecule has 38 heavy (non-hydrogen) atoms. The second-order valence-corrected chi connectivity index (χ2v) is 10.6. The minimum absolute atomic E-state index is 0.151. The van der Waals surface area contributed by atoms with Crippen LogP contribution in [0.5, 0.6) is 5.75 Å². The number of anilines is 1. The molecule has 200 valence electrons. The molecule has 2 aromatic carbocycles. The van der Waals surface area contributed by atoms with E-state index in [-0.39, 0.29) is 17.9 Å². The number of benzene rings is 2. The summed E-state index contributed by atoms with van der Waals surface area (Å²) in [5, 5.41) is 10.4. The van der Waals surface area contributed by atoms with Crippen molar-refractivity contribution in [2.75, 3.05) is 18.0 Å². The fourth-order valence-corrected chi connectivity index (χ4v) is 5.66. The van der Waals surface area contributed by atoms with E-state index in [9.17, 15) is 14.7 Å². The van der Waals surface area contributed by atoms with Crippen LogP contribution >= 0.6 is 15.9 Å². The fraction of sp³-hybridized carbons (Fsp3) is 0.379. The first-order valence-corrected chi connectivity index (χ1v) is 13.7. The summed E-state index contributed by atoms with van der Waals surface area (Å²) in [5.74, 6) is 2.93. The second kappa shape index (κ2) is 12.5. The summed E-state index contributed by atoms with van der Waals surface area (Å²) in [6.45, 7) is 5.09. The maximum atomic E-state index is 12.9. The molecule has 0 amide bonds. The maximum Gasteiger partial charge on any atom is 0.335 e. The Labute approximate surface area is 231 Å². The monoisotopic (exact) mass is 580 g/mol. The topological polar surface area (TPSA) is 119 Å². The molecular formula is C29H33BrN4O4. The van der Waals surface area contributed by atoms with Crippen molar-refractivity contribution >= 4 is 33.4 Å². The molecule has 1 atom stereocenters. The Bertz CT molecular complexity index is 1290. The predicted octanol–water partition coefficient (Wildman–Crippen LogP) is 4.93. The first kappa shape index (κ1) is 27.7. The van der Waals surface area contributed by atoms with E-state index in [1.54, 1.807) is 13.8 Å². The van der Waals surface area contributed by atoms with Crippen LogP contribution in [0.25, 0.3) is 0 Å². The third-order valence-corrected chi connectivity index (χ3v) is 7.79. The minimum Gasteiger partial charge on any atom is -0.504 e. The number of aromatic nitrogens is 2. The standard InChI is InChI=1S/C29H33BrN4O4/c1-3-22(29(37)38-31)28(36)26-27(35)18(2)32-25(33-26)17-20-11-13-34(14-12-20)24-10-9-21(16-23(24)30)15-19-7-5-4-6-8-19/h4-10,16,20,22,35H,3,11-15,17,31H2,1-2H3. The SMILES string of the molecule is CCC(C(=O)ON)C(=O)c1nc(CC2CCN(c3ccc(Cc4ccccc4)cc3Br)CC2)nc(C)c1O. The van der Waals surface area contributed by atoms with Crippen molar-refractivity contribution in [1.29, 1.82) is 0 Å². The molecule has 1 saturated heterocycles. The summed E-state index contributed by atoms with van der Waals surface area (Å²) < 4.78 is 1.09. The van der Waals surface area contributed by atoms with Crippen LogP contribution in [0.3, 0.4) is 0 Å². The lowest BCUT2D eigenvalue weighted by Gasteiger charge is -2.34. The maximum absolute atomic E-state index is 12.9. The van der Waals surface area contributed by atoms with E-state index in [4.69, 9.17) is 5.90 Å². The van der Waals surface area contributed by atoms with Crippen molar-refractivity contribution in [2.24, 2.45) is 17.7 Å². The lowest BCUT2D eigenvalue weighted by Crippen LogP contribution is -2.35. The number of nitrogens with two attached hydrogens (primary N) is 1. The highest BCUT2D eigenvalue weighted by Crippen LogP contribution is 2.32. The van der Waals surface area contributed by atoms with E-state index in [0.29, 0.717) is 23.9 Å². The van der Waals surface area contributed by atoms with Crippen LogP contribution in [-0.2, 0) is 22.5 Å². The average Bonchev–Trinajstić information content (AvgIpc) is 2.92. The quantitative estimate of drug-likeness (QED) is 0.208. The van der Waals surface area contributed by atoms with Gasteiger partial charge in [-0.3, -0.25) is 4.79 Å². The second-order valence-electron chi connectivity index (χ2n) is 9.77. The number of Topliss-reactive ketones (excluding diaryl/α,β-unsaturated/α-hetero) is 1. The third kappa shape index (κ3) is 6.39. The zero-order valence-electron chi connectivity index (χ0n) is 21.7. The van der Waals surface area contributed by atoms with Crippen molar-refractivity contribution in [3.63, 3.8) is 0 Å². The molecule has 0 radical (unpaired) electrons. The number of piperidine rings is 1. The van der Waals surface area contributed by atoms with E-state index in [1.165, 1.54) is 16.8 Å². The Balaban J connectivity index is 1.40. The van der Waals surface area contributed by atoms with E-state index in [2.05, 4.69) is 78.1 Å². The minimum atomic E-state index is -1.12. The molecule has 1 unspecified atom stereocenters. The average molecular weight is 582 g/mol. The van der Waals surface area contributed by atoms with Gasteiger partial charge in [-0.25, -0.2) is 14.8 Å². The molecule has 1 aliphatic heterocycles. The van der Waals surface area contributed by atoms with Gasteiger partial charge in [0.25, 0.3) is 0 Å². The number of hydrogen-bond donors (Lipinski definition) is 2. The van der Waals surface area contributed by atoms with E-state index < -0.39 is 17.7 Å². The van der Waals surface area contributed by atoms with Crippen LogP contribution in [-0.4, -0.2) is 39.9 Å². The molecular weight excluding hydrogens is 548 g/mol. The van der Waals surface area contributed by atoms with Gasteiger partial charge in [-0.1, -0.05) is 43.3 Å². The predicted molar refractivity (Wildman–Crippen MR) is 149 cm³/mol. The summed E-state index contributed by atoms with van der Waals surface area (Å²) in [5.41, 5.74) is 3.89. The summed E-state index contributed by atoms with van der Waals surface area (Å²) >= 11 is 3.78. The molecule has 2 heterocycles. The molecule has 1 aliphatic rings. The number of rotatable bonds is 9. The molecule has 1 aromatic heterocycles. The van der Waals surface area contributed by atoms with Crippen molar-refractivity contribution in [2.45, 2.75) is 46.0 Å². The Hall–Kier alpha value is -3.30. The van der Waals surface area contributed by atoms with Gasteiger partial charge in [0.2, 0.25) is 0 Å². The van der Waals surface area contributed by atoms with Gasteiger partial charge in [-0.2, -0.15) is 5.90 Å². The van der Waals surface area contributed by atoms with Gasteiger partial charge in [0.15, 0.2) is 17.2 Å². The summed E-state index contributed by atoms with van der Waals surface area (Å²) in [6, 6.07) is 17.0. The smallest absolute Gasteiger partial charge is 0.335 e. The van der Waals surface area contributed by atoms with E-state index >= 15 is 0 Å². The van der Waals surface area contributed by atoms with Gasteiger partial charge in [-0.15, -0.1) is 0 Å². The zero-order valence-corrected chi connectivity index (χ0v) is 23.3. The van der Waals surface area contributed by atoms with Crippen LogP contribution in [0, 0.1) is 18.8 Å². The van der Waals surface area contributed by atoms with Crippen LogP contribution in [0.1, 0.15) is 59.3 Å². The number of hydrogen-bond acceptors (Lipinski definition) is 8. The van der Waals surface area contributed by atoms with Crippen molar-refractivity contribution in [1.82, 2.24) is 9.97 Å². The number of halogens is 1. The Morgan fingerprint density at radius 1 is 1.13 bits per heavy atom. The highest BCUT2D eigenvalue weighted by molar-refractivity contribution is 9.10. The van der Waals surface area contributed by atoms with Crippen LogP contribution in [0.4, 0.5) is 5.69 Å². The van der Waals surface area contributed by atoms with Crippen molar-refractivity contribution in [3.05, 3.63) is 81.3 Å². The highest BCUT2D eigenvalue weighted by Gasteiger charge is 2.32. The molecule has 4 rings (SSSR count). The number of carbonyl (C=O) groups excluding carboxylic acids is 2. The summed E-state index contributed by atoms with van der Waals surface area (Å²) in [4.78, 5) is 40.3. The van der Waals surface area contributed by atoms with Crippen LogP contribution in [0.15, 0.2) is 53.0 Å². The molecule has 0 aliphatic carbocycles. The van der Waals surface area contributed by atoms with E-state index in [1.807, 2.05) is 6.07 Å². The molecule has 0 bridgehead atoms. The number of ketones is 1. The molecule has 0 saturated carbocycles. The van der Waals surface area contributed by atoms with Gasteiger partial charge in [0, 0.05) is 24.0 Å². The van der Waals surface area contributed by atoms with Gasteiger partial charge in [-0.05, 0) is 77.7 Å². The Kier molecular flexibility index (Phi) is 9.12. The van der Waals surface area contributed by atoms with Crippen molar-refractivity contribution in [3.8, 4) is 5.75 Å². The fourth-order valence-electron chi connectivity index (χ4n) is 4.98. The summed E-state index contributed by atoms with van der Waals surface area (Å²) in [6.07, 6.45) is 3.56. The highest BCUT2D eigenvalue weighted by atomic mass is 79.9. The normalized spacial score (nSPS) is 14.8. The van der Waals surface area contributed by atoms with E-state index in [0.717, 1.165) is 36.8 Å². The van der Waals surface area contributed by atoms with Crippen LogP contribution in [0.2, 0.25) is 0 Å². The molecule has 3 aromatic rings. The number of aryl methyl sites for hydroxylation is 1. The van der Waals surface area contributed by atoms with Gasteiger partial charge in [0.05, 0.1) is 11.4 Å². The number of carbonyl (C=O) groups is 2. The molecule has 1 fully saturated rings. The Morgan fingerprint density at radius 3 is 2.47 bits per heavy atom. The number of nitrogens with zero attached hydrogens (tertiary/aromatic N) is 3. The van der Waals surface area contributed by atoms with Crippen LogP contribution < -0.4 is 10.8 Å². The largest absolute Gasteiger partial charge is 0.504 e. The van der Waals surface area contributed by atoms with Gasteiger partial charge >= 0.3 is 5.97 Å². The first-order chi connectivity index (χ1) is 18.3. The third-order valence-electron chi connectivity index (χ3n) is 7.15. The first-order valence-electron chi connectivity index (χ1n) is 12.9. The number of aromatic hydroxyl groups is 1. The lowest BCUT2D eigenvalue weighted by atomic mass is 9.92. The zero-order chi connectivity index (χ0) is 27.2. The van der Waals surface area contributed by atoms with Crippen molar-refractivity contribution < 1.29 is 19.5 Å². The molecule has 3 N–H and O–H groups in total. The Morgan fingerprint density at radius 2 is 1.84 bits per heavy atom. The summed E-state index contributed by atoms with van der Waals surface area (Å²) in [7, 11) is 0. The molecule has 9 heteroatoms. The lowest BCUT2D eigenvalue weighted by molar-refractivity contribution is -0.147.